The maximum absolute atomic E-state index is 11.5. The Hall–Kier alpha value is -1.71. The zero-order valence-electron chi connectivity index (χ0n) is 13.5. The molecule has 9 nitrogen and oxygen atoms in total. The highest BCUT2D eigenvalue weighted by Crippen LogP contribution is 1.97. The van der Waals surface area contributed by atoms with Crippen molar-refractivity contribution in [1.82, 2.24) is 16.0 Å². The van der Waals surface area contributed by atoms with Crippen LogP contribution in [0.2, 0.25) is 0 Å². The molecule has 5 N–H and O–H groups in total. The van der Waals surface area contributed by atoms with Crippen molar-refractivity contribution in [3.05, 3.63) is 0 Å². The van der Waals surface area contributed by atoms with Crippen molar-refractivity contribution in [2.75, 3.05) is 39.3 Å². The van der Waals surface area contributed by atoms with Gasteiger partial charge in [0.2, 0.25) is 0 Å². The minimum Gasteiger partial charge on any atom is -0.480 e. The number of carboxylic acids is 2. The van der Waals surface area contributed by atoms with Crippen LogP contribution in [0.4, 0.5) is 0 Å². The molecule has 0 spiro atoms. The van der Waals surface area contributed by atoms with Gasteiger partial charge in [0.1, 0.15) is 6.04 Å². The summed E-state index contributed by atoms with van der Waals surface area (Å²) < 4.78 is 4.94. The number of unbranched alkanes of at least 4 members (excludes halogenated alkanes) is 1. The Kier molecular flexibility index (Phi) is 12.9. The third-order valence-electron chi connectivity index (χ3n) is 2.88. The van der Waals surface area contributed by atoms with Gasteiger partial charge in [-0.25, -0.2) is 0 Å². The lowest BCUT2D eigenvalue weighted by Gasteiger charge is -2.14. The van der Waals surface area contributed by atoms with Crippen molar-refractivity contribution in [2.45, 2.75) is 32.2 Å². The molecule has 0 saturated carbocycles. The SMILES string of the molecule is CCCCOC(=O)CC(NCCNCCNCC(=O)O)C(=O)O. The predicted molar refractivity (Wildman–Crippen MR) is 83.3 cm³/mol. The Balaban J connectivity index is 3.74. The Morgan fingerprint density at radius 3 is 2.30 bits per heavy atom. The summed E-state index contributed by atoms with van der Waals surface area (Å²) in [6, 6.07) is -0.976. The topological polar surface area (TPSA) is 137 Å². The third kappa shape index (κ3) is 13.7. The van der Waals surface area contributed by atoms with Crippen LogP contribution in [0, 0.1) is 0 Å². The van der Waals surface area contributed by atoms with Gasteiger partial charge in [-0.3, -0.25) is 14.4 Å². The van der Waals surface area contributed by atoms with Gasteiger partial charge in [0.15, 0.2) is 0 Å². The first-order chi connectivity index (χ1) is 11.0. The van der Waals surface area contributed by atoms with E-state index in [-0.39, 0.29) is 13.0 Å². The second-order valence-corrected chi connectivity index (χ2v) is 4.94. The van der Waals surface area contributed by atoms with Gasteiger partial charge in [-0.1, -0.05) is 13.3 Å². The maximum atomic E-state index is 11.5. The molecule has 134 valence electrons. The van der Waals surface area contributed by atoms with Crippen LogP contribution in [0.25, 0.3) is 0 Å². The highest BCUT2D eigenvalue weighted by Gasteiger charge is 2.21. The van der Waals surface area contributed by atoms with Crippen LogP contribution in [0.15, 0.2) is 0 Å². The molecule has 1 atom stereocenters. The molecule has 0 aromatic rings. The molecule has 23 heavy (non-hydrogen) atoms. The lowest BCUT2D eigenvalue weighted by Crippen LogP contribution is -2.42. The van der Waals surface area contributed by atoms with Crippen LogP contribution in [-0.2, 0) is 19.1 Å². The number of aliphatic carboxylic acids is 2. The van der Waals surface area contributed by atoms with Crippen LogP contribution >= 0.6 is 0 Å². The third-order valence-corrected chi connectivity index (χ3v) is 2.88. The van der Waals surface area contributed by atoms with Gasteiger partial charge in [0.25, 0.3) is 0 Å². The van der Waals surface area contributed by atoms with Crippen LogP contribution in [0.5, 0.6) is 0 Å². The lowest BCUT2D eigenvalue weighted by atomic mass is 10.2. The first-order valence-electron chi connectivity index (χ1n) is 7.72. The maximum Gasteiger partial charge on any atom is 0.321 e. The Labute approximate surface area is 135 Å². The second-order valence-electron chi connectivity index (χ2n) is 4.94. The van der Waals surface area contributed by atoms with Crippen molar-refractivity contribution >= 4 is 17.9 Å². The quantitative estimate of drug-likeness (QED) is 0.189. The molecule has 0 aliphatic heterocycles. The molecule has 0 aromatic heterocycles. The van der Waals surface area contributed by atoms with Crippen molar-refractivity contribution in [3.8, 4) is 0 Å². The zero-order valence-corrected chi connectivity index (χ0v) is 13.5. The largest absolute Gasteiger partial charge is 0.480 e. The summed E-state index contributed by atoms with van der Waals surface area (Å²) in [6.07, 6.45) is 1.46. The number of carbonyl (C=O) groups is 3. The fourth-order valence-electron chi connectivity index (χ4n) is 1.63. The molecule has 0 heterocycles. The molecule has 0 bridgehead atoms. The highest BCUT2D eigenvalue weighted by molar-refractivity contribution is 5.81. The van der Waals surface area contributed by atoms with Crippen molar-refractivity contribution in [1.29, 1.82) is 0 Å². The number of hydrogen-bond acceptors (Lipinski definition) is 7. The Morgan fingerprint density at radius 1 is 1.04 bits per heavy atom. The molecular formula is C14H27N3O6. The molecule has 0 amide bonds. The second kappa shape index (κ2) is 13.9. The number of rotatable bonds is 15. The summed E-state index contributed by atoms with van der Waals surface area (Å²) in [5.41, 5.74) is 0. The lowest BCUT2D eigenvalue weighted by molar-refractivity contribution is -0.149. The normalized spacial score (nSPS) is 11.9. The van der Waals surface area contributed by atoms with E-state index in [4.69, 9.17) is 14.9 Å². The average molecular weight is 333 g/mol. The van der Waals surface area contributed by atoms with E-state index in [2.05, 4.69) is 16.0 Å². The van der Waals surface area contributed by atoms with Gasteiger partial charge in [0, 0.05) is 26.2 Å². The standard InChI is InChI=1S/C14H27N3O6/c1-2-3-8-23-13(20)9-11(14(21)22)17-7-6-15-4-5-16-10-12(18)19/h11,15-17H,2-10H2,1H3,(H,18,19)(H,21,22). The van der Waals surface area contributed by atoms with Crippen LogP contribution < -0.4 is 16.0 Å². The van der Waals surface area contributed by atoms with E-state index >= 15 is 0 Å². The molecule has 0 aliphatic carbocycles. The van der Waals surface area contributed by atoms with Crippen molar-refractivity contribution in [3.63, 3.8) is 0 Å². The van der Waals surface area contributed by atoms with Gasteiger partial charge in [-0.15, -0.1) is 0 Å². The first-order valence-corrected chi connectivity index (χ1v) is 7.72. The minimum atomic E-state index is -1.10. The van der Waals surface area contributed by atoms with E-state index < -0.39 is 23.9 Å². The van der Waals surface area contributed by atoms with Gasteiger partial charge in [-0.2, -0.15) is 0 Å². The number of nitrogens with one attached hydrogen (secondary N) is 3. The molecular weight excluding hydrogens is 306 g/mol. The Morgan fingerprint density at radius 2 is 1.70 bits per heavy atom. The molecule has 0 fully saturated rings. The van der Waals surface area contributed by atoms with Gasteiger partial charge in [0.05, 0.1) is 19.6 Å². The van der Waals surface area contributed by atoms with E-state index in [0.29, 0.717) is 32.8 Å². The number of carboxylic acid groups (broad SMARTS) is 2. The fourth-order valence-corrected chi connectivity index (χ4v) is 1.63. The highest BCUT2D eigenvalue weighted by atomic mass is 16.5. The van der Waals surface area contributed by atoms with Crippen LogP contribution in [0.3, 0.4) is 0 Å². The fraction of sp³-hybridized carbons (Fsp3) is 0.786. The van der Waals surface area contributed by atoms with Crippen LogP contribution in [-0.4, -0.2) is 73.5 Å². The number of hydrogen-bond donors (Lipinski definition) is 5. The van der Waals surface area contributed by atoms with Gasteiger partial charge >= 0.3 is 17.9 Å². The van der Waals surface area contributed by atoms with Crippen LogP contribution in [0.1, 0.15) is 26.2 Å². The smallest absolute Gasteiger partial charge is 0.321 e. The van der Waals surface area contributed by atoms with E-state index in [1.807, 2.05) is 6.92 Å². The summed E-state index contributed by atoms with van der Waals surface area (Å²) in [4.78, 5) is 32.8. The minimum absolute atomic E-state index is 0.0961. The summed E-state index contributed by atoms with van der Waals surface area (Å²) in [5.74, 6) is -2.54. The first kappa shape index (κ1) is 21.3. The van der Waals surface area contributed by atoms with Crippen molar-refractivity contribution in [2.24, 2.45) is 0 Å². The van der Waals surface area contributed by atoms with Crippen molar-refractivity contribution < 1.29 is 29.3 Å². The summed E-state index contributed by atoms with van der Waals surface area (Å²) in [5, 5.41) is 26.0. The zero-order chi connectivity index (χ0) is 17.5. The molecule has 9 heteroatoms. The predicted octanol–water partition coefficient (Wildman–Crippen LogP) is -0.974. The molecule has 0 rings (SSSR count). The number of carbonyl (C=O) groups excluding carboxylic acids is 1. The number of esters is 1. The summed E-state index contributed by atoms with van der Waals surface area (Å²) >= 11 is 0. The van der Waals surface area contributed by atoms with E-state index in [9.17, 15) is 14.4 Å². The molecule has 0 saturated heterocycles. The summed E-state index contributed by atoms with van der Waals surface area (Å²) in [7, 11) is 0. The monoisotopic (exact) mass is 333 g/mol. The average Bonchev–Trinajstić information content (AvgIpc) is 2.48. The number of ether oxygens (including phenoxy) is 1. The van der Waals surface area contributed by atoms with E-state index in [1.165, 1.54) is 0 Å². The molecule has 1 unspecified atom stereocenters. The summed E-state index contributed by atoms with van der Waals surface area (Å²) in [6.45, 7) is 4.12. The molecule has 0 aromatic carbocycles. The van der Waals surface area contributed by atoms with E-state index in [1.54, 1.807) is 0 Å². The Bertz CT molecular complexity index is 364. The van der Waals surface area contributed by atoms with Gasteiger partial charge < -0.3 is 30.9 Å². The molecule has 0 radical (unpaired) electrons. The molecule has 0 aliphatic rings. The van der Waals surface area contributed by atoms with Gasteiger partial charge in [-0.05, 0) is 6.42 Å². The van der Waals surface area contributed by atoms with E-state index in [0.717, 1.165) is 12.8 Å².